The number of rotatable bonds is 5. The van der Waals surface area contributed by atoms with Gasteiger partial charge in [-0.25, -0.2) is 0 Å². The Morgan fingerprint density at radius 3 is 2.81 bits per heavy atom. The first-order valence-electron chi connectivity index (χ1n) is 5.70. The van der Waals surface area contributed by atoms with E-state index in [9.17, 15) is 0 Å². The quantitative estimate of drug-likeness (QED) is 0.653. The van der Waals surface area contributed by atoms with Crippen molar-refractivity contribution in [1.29, 1.82) is 0 Å². The normalized spacial score (nSPS) is 26.4. The molecule has 90 valence electrons. The van der Waals surface area contributed by atoms with Gasteiger partial charge in [0.2, 0.25) is 0 Å². The van der Waals surface area contributed by atoms with Crippen molar-refractivity contribution in [3.05, 3.63) is 20.8 Å². The molecule has 1 aliphatic carbocycles. The van der Waals surface area contributed by atoms with E-state index >= 15 is 0 Å². The van der Waals surface area contributed by atoms with Crippen molar-refractivity contribution in [2.24, 2.45) is 5.92 Å². The molecule has 0 aliphatic heterocycles. The third-order valence-electron chi connectivity index (χ3n) is 3.04. The molecule has 0 N–H and O–H groups in total. The Balaban J connectivity index is 1.75. The second-order valence-corrected chi connectivity index (χ2v) is 7.86. The summed E-state index contributed by atoms with van der Waals surface area (Å²) in [5, 5.41) is 0. The maximum absolute atomic E-state index is 5.58. The fourth-order valence-corrected chi connectivity index (χ4v) is 4.52. The highest BCUT2D eigenvalue weighted by atomic mass is 79.9. The van der Waals surface area contributed by atoms with Gasteiger partial charge < -0.3 is 4.74 Å². The van der Waals surface area contributed by atoms with Gasteiger partial charge in [-0.15, -0.1) is 11.3 Å². The van der Waals surface area contributed by atoms with Gasteiger partial charge in [0.1, 0.15) is 0 Å². The number of halogens is 2. The molecule has 0 radical (unpaired) electrons. The summed E-state index contributed by atoms with van der Waals surface area (Å²) in [4.78, 5) is 1.93. The zero-order chi connectivity index (χ0) is 11.5. The van der Waals surface area contributed by atoms with Crippen LogP contribution in [0.5, 0.6) is 0 Å². The monoisotopic (exact) mass is 366 g/mol. The fraction of sp³-hybridized carbons (Fsp3) is 0.667. The van der Waals surface area contributed by atoms with Crippen molar-refractivity contribution in [2.45, 2.75) is 37.1 Å². The Morgan fingerprint density at radius 2 is 2.25 bits per heavy atom. The molecule has 1 aliphatic rings. The van der Waals surface area contributed by atoms with Crippen LogP contribution in [0.1, 0.15) is 35.9 Å². The van der Waals surface area contributed by atoms with Crippen molar-refractivity contribution >= 4 is 43.2 Å². The van der Waals surface area contributed by atoms with Crippen LogP contribution in [0.3, 0.4) is 0 Å². The summed E-state index contributed by atoms with van der Waals surface area (Å²) >= 11 is 9.11. The molecule has 0 saturated heterocycles. The molecule has 16 heavy (non-hydrogen) atoms. The Bertz CT molecular complexity index is 334. The van der Waals surface area contributed by atoms with E-state index in [-0.39, 0.29) is 0 Å². The minimum Gasteiger partial charge on any atom is -0.378 e. The van der Waals surface area contributed by atoms with Gasteiger partial charge in [0, 0.05) is 16.3 Å². The lowest BCUT2D eigenvalue weighted by atomic mass is 9.79. The Morgan fingerprint density at radius 1 is 1.50 bits per heavy atom. The molecule has 2 rings (SSSR count). The topological polar surface area (TPSA) is 9.23 Å². The molecule has 0 spiro atoms. The molecular weight excluding hydrogens is 352 g/mol. The maximum Gasteiger partial charge on any atom is 0.0701 e. The smallest absolute Gasteiger partial charge is 0.0701 e. The number of alkyl halides is 1. The third kappa shape index (κ3) is 3.31. The van der Waals surface area contributed by atoms with Crippen LogP contribution in [0.4, 0.5) is 0 Å². The minimum absolute atomic E-state index is 0.511. The van der Waals surface area contributed by atoms with Crippen LogP contribution in [-0.2, 0) is 4.74 Å². The van der Waals surface area contributed by atoms with Crippen LogP contribution >= 0.6 is 43.2 Å². The summed E-state index contributed by atoms with van der Waals surface area (Å²) in [5.74, 6) is 0.835. The van der Waals surface area contributed by atoms with E-state index in [1.165, 1.54) is 27.9 Å². The third-order valence-corrected chi connectivity index (χ3v) is 5.95. The van der Waals surface area contributed by atoms with E-state index in [0.717, 1.165) is 12.5 Å². The van der Waals surface area contributed by atoms with Crippen molar-refractivity contribution in [3.63, 3.8) is 0 Å². The largest absolute Gasteiger partial charge is 0.378 e. The molecule has 1 fully saturated rings. The number of hydrogen-bond donors (Lipinski definition) is 0. The Kier molecular flexibility index (Phi) is 4.89. The second kappa shape index (κ2) is 5.98. The summed E-state index contributed by atoms with van der Waals surface area (Å²) in [6.45, 7) is 2.93. The van der Waals surface area contributed by atoms with E-state index in [0.29, 0.717) is 10.9 Å². The molecule has 1 saturated carbocycles. The highest BCUT2D eigenvalue weighted by Gasteiger charge is 2.31. The van der Waals surface area contributed by atoms with Gasteiger partial charge in [-0.2, -0.15) is 0 Å². The van der Waals surface area contributed by atoms with Gasteiger partial charge in [0.05, 0.1) is 9.89 Å². The average Bonchev–Trinajstić information content (AvgIpc) is 2.61. The summed E-state index contributed by atoms with van der Waals surface area (Å²) < 4.78 is 6.79. The van der Waals surface area contributed by atoms with Crippen LogP contribution in [-0.4, -0.2) is 12.7 Å². The van der Waals surface area contributed by atoms with E-state index < -0.39 is 0 Å². The number of thiophene rings is 1. The van der Waals surface area contributed by atoms with Crippen LogP contribution in [0.25, 0.3) is 0 Å². The zero-order valence-corrected chi connectivity index (χ0v) is 13.3. The predicted octanol–water partition coefficient (Wildman–Crippen LogP) is 5.15. The Hall–Kier alpha value is 0.620. The molecule has 1 atom stereocenters. The summed E-state index contributed by atoms with van der Waals surface area (Å²) in [6, 6.07) is 4.32. The van der Waals surface area contributed by atoms with Gasteiger partial charge in [0.25, 0.3) is 0 Å². The predicted molar refractivity (Wildman–Crippen MR) is 76.4 cm³/mol. The summed E-state index contributed by atoms with van der Waals surface area (Å²) in [6.07, 6.45) is 4.24. The molecule has 1 aromatic rings. The second-order valence-electron chi connectivity index (χ2n) is 4.26. The zero-order valence-electron chi connectivity index (χ0n) is 9.29. The Labute approximate surface area is 118 Å². The van der Waals surface area contributed by atoms with Gasteiger partial charge in [-0.1, -0.05) is 15.9 Å². The van der Waals surface area contributed by atoms with E-state index in [2.05, 4.69) is 50.9 Å². The highest BCUT2D eigenvalue weighted by Crippen LogP contribution is 2.42. The first-order valence-corrected chi connectivity index (χ1v) is 8.22. The van der Waals surface area contributed by atoms with Crippen LogP contribution in [0.15, 0.2) is 15.9 Å². The lowest BCUT2D eigenvalue weighted by molar-refractivity contribution is -0.0264. The SMILES string of the molecule is CCOC1CC(CC(Br)c2ccc(Br)s2)C1. The van der Waals surface area contributed by atoms with Gasteiger partial charge in [-0.3, -0.25) is 0 Å². The van der Waals surface area contributed by atoms with E-state index in [1.54, 1.807) is 0 Å². The molecule has 0 aromatic carbocycles. The molecule has 0 bridgehead atoms. The molecule has 1 heterocycles. The van der Waals surface area contributed by atoms with Crippen molar-refractivity contribution in [1.82, 2.24) is 0 Å². The average molecular weight is 368 g/mol. The molecule has 1 unspecified atom stereocenters. The van der Waals surface area contributed by atoms with Crippen molar-refractivity contribution in [3.8, 4) is 0 Å². The number of hydrogen-bond acceptors (Lipinski definition) is 2. The molecule has 0 amide bonds. The first kappa shape index (κ1) is 13.1. The highest BCUT2D eigenvalue weighted by molar-refractivity contribution is 9.11. The summed E-state index contributed by atoms with van der Waals surface area (Å²) in [7, 11) is 0. The van der Waals surface area contributed by atoms with Gasteiger partial charge in [-0.05, 0) is 60.2 Å². The van der Waals surface area contributed by atoms with Gasteiger partial charge >= 0.3 is 0 Å². The van der Waals surface area contributed by atoms with E-state index in [4.69, 9.17) is 4.74 Å². The number of ether oxygens (including phenoxy) is 1. The summed E-state index contributed by atoms with van der Waals surface area (Å²) in [5.41, 5.74) is 0. The fourth-order valence-electron chi connectivity index (χ4n) is 2.14. The first-order chi connectivity index (χ1) is 7.69. The molecule has 1 nitrogen and oxygen atoms in total. The van der Waals surface area contributed by atoms with Crippen LogP contribution in [0, 0.1) is 5.92 Å². The van der Waals surface area contributed by atoms with Crippen LogP contribution < -0.4 is 0 Å². The minimum atomic E-state index is 0.511. The lowest BCUT2D eigenvalue weighted by Crippen LogP contribution is -2.31. The van der Waals surface area contributed by atoms with Gasteiger partial charge in [0.15, 0.2) is 0 Å². The van der Waals surface area contributed by atoms with E-state index in [1.807, 2.05) is 11.3 Å². The standard InChI is InChI=1S/C12H16Br2OS/c1-2-15-9-5-8(6-9)7-10(13)11-3-4-12(14)16-11/h3-4,8-10H,2,5-7H2,1H3. The maximum atomic E-state index is 5.58. The van der Waals surface area contributed by atoms with Crippen molar-refractivity contribution in [2.75, 3.05) is 6.61 Å². The molecule has 1 aromatic heterocycles. The lowest BCUT2D eigenvalue weighted by Gasteiger charge is -2.35. The molecular formula is C12H16Br2OS. The molecule has 4 heteroatoms. The van der Waals surface area contributed by atoms with Crippen LogP contribution in [0.2, 0.25) is 0 Å². The van der Waals surface area contributed by atoms with Crippen molar-refractivity contribution < 1.29 is 4.74 Å².